The van der Waals surface area contributed by atoms with E-state index >= 15 is 0 Å². The molecule has 1 aliphatic rings. The number of rotatable bonds is 7. The Morgan fingerprint density at radius 1 is 1.39 bits per heavy atom. The van der Waals surface area contributed by atoms with Gasteiger partial charge in [-0.15, -0.1) is 0 Å². The van der Waals surface area contributed by atoms with Crippen LogP contribution in [0.25, 0.3) is 0 Å². The first kappa shape index (κ1) is 20.4. The number of methoxy groups -OCH3 is 1. The lowest BCUT2D eigenvalue weighted by molar-refractivity contribution is 0.0747. The second kappa shape index (κ2) is 9.22. The SMILES string of the molecule is CCN1CCC[C@@H](CN(C)Cc2ccc(C#N)cc2OC)[C@@H]1c1cnn(C)c1. The number of nitriles is 1. The fraction of sp³-hybridized carbons (Fsp3) is 0.545. The van der Waals surface area contributed by atoms with Crippen molar-refractivity contribution in [1.82, 2.24) is 19.6 Å². The van der Waals surface area contributed by atoms with E-state index in [2.05, 4.69) is 41.1 Å². The van der Waals surface area contributed by atoms with Crippen LogP contribution in [0.4, 0.5) is 0 Å². The van der Waals surface area contributed by atoms with Crippen LogP contribution in [-0.4, -0.2) is 53.4 Å². The molecule has 2 atom stereocenters. The summed E-state index contributed by atoms with van der Waals surface area (Å²) < 4.78 is 7.41. The molecule has 1 fully saturated rings. The highest BCUT2D eigenvalue weighted by atomic mass is 16.5. The standard InChI is InChI=1S/C22H31N5O/c1-5-27-10-6-7-19(22(27)20-13-24-26(3)16-20)15-25(2)14-18-9-8-17(12-23)11-21(18)28-4/h8-9,11,13,16,19,22H,5-7,10,14-15H2,1-4H3/t19-,22+/m0/s1. The Hall–Kier alpha value is -2.36. The first-order valence-electron chi connectivity index (χ1n) is 10.0. The highest BCUT2D eigenvalue weighted by Gasteiger charge is 2.33. The molecule has 0 spiro atoms. The molecule has 1 aromatic heterocycles. The van der Waals surface area contributed by atoms with Crippen LogP contribution in [0.2, 0.25) is 0 Å². The van der Waals surface area contributed by atoms with Crippen molar-refractivity contribution in [3.8, 4) is 11.8 Å². The number of likely N-dealkylation sites (tertiary alicyclic amines) is 1. The molecule has 1 aliphatic heterocycles. The van der Waals surface area contributed by atoms with Gasteiger partial charge in [-0.2, -0.15) is 10.4 Å². The van der Waals surface area contributed by atoms with Gasteiger partial charge in [-0.1, -0.05) is 13.0 Å². The van der Waals surface area contributed by atoms with E-state index in [0.29, 0.717) is 17.5 Å². The van der Waals surface area contributed by atoms with Crippen LogP contribution in [-0.2, 0) is 13.6 Å². The third-order valence-corrected chi connectivity index (χ3v) is 5.74. The second-order valence-electron chi connectivity index (χ2n) is 7.76. The van der Waals surface area contributed by atoms with Gasteiger partial charge in [-0.3, -0.25) is 9.58 Å². The van der Waals surface area contributed by atoms with Crippen molar-refractivity contribution >= 4 is 0 Å². The van der Waals surface area contributed by atoms with Crippen molar-refractivity contribution < 1.29 is 4.74 Å². The fourth-order valence-electron chi connectivity index (χ4n) is 4.47. The third-order valence-electron chi connectivity index (χ3n) is 5.74. The van der Waals surface area contributed by atoms with Gasteiger partial charge < -0.3 is 9.64 Å². The zero-order valence-corrected chi connectivity index (χ0v) is 17.4. The summed E-state index contributed by atoms with van der Waals surface area (Å²) in [5.74, 6) is 1.35. The summed E-state index contributed by atoms with van der Waals surface area (Å²) >= 11 is 0. The topological polar surface area (TPSA) is 57.3 Å². The number of benzene rings is 1. The predicted octanol–water partition coefficient (Wildman–Crippen LogP) is 3.21. The minimum absolute atomic E-state index is 0.415. The number of ether oxygens (including phenoxy) is 1. The maximum atomic E-state index is 9.11. The molecule has 0 radical (unpaired) electrons. The summed E-state index contributed by atoms with van der Waals surface area (Å²) in [6.45, 7) is 6.27. The van der Waals surface area contributed by atoms with Gasteiger partial charge in [0.15, 0.2) is 0 Å². The smallest absolute Gasteiger partial charge is 0.124 e. The molecule has 0 aliphatic carbocycles. The first-order valence-corrected chi connectivity index (χ1v) is 10.0. The number of aryl methyl sites for hydroxylation is 1. The molecule has 1 aromatic carbocycles. The van der Waals surface area contributed by atoms with E-state index in [-0.39, 0.29) is 0 Å². The van der Waals surface area contributed by atoms with E-state index in [4.69, 9.17) is 10.00 Å². The number of nitrogens with zero attached hydrogens (tertiary/aromatic N) is 5. The minimum Gasteiger partial charge on any atom is -0.496 e. The summed E-state index contributed by atoms with van der Waals surface area (Å²) in [7, 11) is 5.82. The zero-order valence-electron chi connectivity index (χ0n) is 17.4. The largest absolute Gasteiger partial charge is 0.496 e. The molecule has 6 nitrogen and oxygen atoms in total. The predicted molar refractivity (Wildman–Crippen MR) is 110 cm³/mol. The molecule has 2 heterocycles. The molecule has 6 heteroatoms. The van der Waals surface area contributed by atoms with Crippen molar-refractivity contribution in [3.05, 3.63) is 47.3 Å². The van der Waals surface area contributed by atoms with Crippen LogP contribution < -0.4 is 4.74 Å². The van der Waals surface area contributed by atoms with Gasteiger partial charge in [-0.05, 0) is 51.0 Å². The Morgan fingerprint density at radius 2 is 2.21 bits per heavy atom. The second-order valence-corrected chi connectivity index (χ2v) is 7.76. The van der Waals surface area contributed by atoms with E-state index in [9.17, 15) is 0 Å². The van der Waals surface area contributed by atoms with Crippen LogP contribution in [0.1, 0.15) is 42.5 Å². The summed E-state index contributed by atoms with van der Waals surface area (Å²) in [5.41, 5.74) is 3.06. The van der Waals surface area contributed by atoms with Crippen molar-refractivity contribution in [2.24, 2.45) is 13.0 Å². The van der Waals surface area contributed by atoms with Gasteiger partial charge >= 0.3 is 0 Å². The van der Waals surface area contributed by atoms with Crippen LogP contribution in [0.3, 0.4) is 0 Å². The maximum absolute atomic E-state index is 9.11. The highest BCUT2D eigenvalue weighted by molar-refractivity contribution is 5.42. The lowest BCUT2D eigenvalue weighted by Gasteiger charge is -2.42. The van der Waals surface area contributed by atoms with Crippen LogP contribution >= 0.6 is 0 Å². The Balaban J connectivity index is 1.74. The van der Waals surface area contributed by atoms with Gasteiger partial charge in [0.2, 0.25) is 0 Å². The van der Waals surface area contributed by atoms with Crippen molar-refractivity contribution in [1.29, 1.82) is 5.26 Å². The molecule has 28 heavy (non-hydrogen) atoms. The lowest BCUT2D eigenvalue weighted by atomic mass is 9.85. The van der Waals surface area contributed by atoms with E-state index in [1.165, 1.54) is 18.4 Å². The molecule has 0 unspecified atom stereocenters. The molecule has 150 valence electrons. The van der Waals surface area contributed by atoms with Crippen molar-refractivity contribution in [2.75, 3.05) is 33.8 Å². The zero-order chi connectivity index (χ0) is 20.1. The Labute approximate surface area is 168 Å². The molecular weight excluding hydrogens is 350 g/mol. The quantitative estimate of drug-likeness (QED) is 0.737. The average Bonchev–Trinajstić information content (AvgIpc) is 3.13. The lowest BCUT2D eigenvalue weighted by Crippen LogP contribution is -2.42. The minimum atomic E-state index is 0.415. The third kappa shape index (κ3) is 4.54. The summed E-state index contributed by atoms with van der Waals surface area (Å²) in [6, 6.07) is 8.28. The first-order chi connectivity index (χ1) is 13.5. The number of hydrogen-bond acceptors (Lipinski definition) is 5. The van der Waals surface area contributed by atoms with Crippen molar-refractivity contribution in [2.45, 2.75) is 32.4 Å². The maximum Gasteiger partial charge on any atom is 0.124 e. The molecule has 0 saturated carbocycles. The Morgan fingerprint density at radius 3 is 2.86 bits per heavy atom. The van der Waals surface area contributed by atoms with Crippen LogP contribution in [0, 0.1) is 17.2 Å². The average molecular weight is 382 g/mol. The van der Waals surface area contributed by atoms with E-state index in [1.54, 1.807) is 7.11 Å². The normalized spacial score (nSPS) is 20.3. The molecule has 0 N–H and O–H groups in total. The van der Waals surface area contributed by atoms with Gasteiger partial charge in [-0.25, -0.2) is 0 Å². The van der Waals surface area contributed by atoms with Crippen LogP contribution in [0.5, 0.6) is 5.75 Å². The van der Waals surface area contributed by atoms with Gasteiger partial charge in [0.05, 0.1) is 24.9 Å². The molecule has 2 aromatic rings. The van der Waals surface area contributed by atoms with E-state index in [0.717, 1.165) is 37.5 Å². The van der Waals surface area contributed by atoms with Gasteiger partial charge in [0.25, 0.3) is 0 Å². The van der Waals surface area contributed by atoms with Crippen molar-refractivity contribution in [3.63, 3.8) is 0 Å². The molecule has 0 amide bonds. The monoisotopic (exact) mass is 381 g/mol. The Bertz CT molecular complexity index is 825. The number of piperidine rings is 1. The summed E-state index contributed by atoms with van der Waals surface area (Å²) in [5, 5.41) is 13.5. The number of aromatic nitrogens is 2. The number of hydrogen-bond donors (Lipinski definition) is 0. The highest BCUT2D eigenvalue weighted by Crippen LogP contribution is 2.36. The summed E-state index contributed by atoms with van der Waals surface area (Å²) in [4.78, 5) is 4.96. The molecule has 1 saturated heterocycles. The van der Waals surface area contributed by atoms with Gasteiger partial charge in [0.1, 0.15) is 5.75 Å². The summed E-state index contributed by atoms with van der Waals surface area (Å²) in [6.07, 6.45) is 6.65. The fourth-order valence-corrected chi connectivity index (χ4v) is 4.47. The van der Waals surface area contributed by atoms with E-state index in [1.807, 2.05) is 36.1 Å². The molecular formula is C22H31N5O. The molecule has 3 rings (SSSR count). The van der Waals surface area contributed by atoms with Crippen LogP contribution in [0.15, 0.2) is 30.6 Å². The van der Waals surface area contributed by atoms with E-state index < -0.39 is 0 Å². The van der Waals surface area contributed by atoms with Gasteiger partial charge in [0, 0.05) is 43.5 Å². The Kier molecular flexibility index (Phi) is 6.71. The molecule has 0 bridgehead atoms.